The van der Waals surface area contributed by atoms with E-state index in [2.05, 4.69) is 24.5 Å². The molecule has 1 atom stereocenters. The molecule has 1 unspecified atom stereocenters. The number of anilines is 1. The summed E-state index contributed by atoms with van der Waals surface area (Å²) >= 11 is 0. The maximum Gasteiger partial charge on any atom is 0.238 e. The predicted molar refractivity (Wildman–Crippen MR) is 83.2 cm³/mol. The second kappa shape index (κ2) is 9.37. The highest BCUT2D eigenvalue weighted by Crippen LogP contribution is 2.16. The van der Waals surface area contributed by atoms with Crippen LogP contribution in [0, 0.1) is 0 Å². The lowest BCUT2D eigenvalue weighted by atomic mass is 10.1. The molecule has 0 bridgehead atoms. The highest BCUT2D eigenvalue weighted by atomic mass is 16.5. The Morgan fingerprint density at radius 2 is 2.15 bits per heavy atom. The van der Waals surface area contributed by atoms with Crippen molar-refractivity contribution >= 4 is 11.6 Å². The summed E-state index contributed by atoms with van der Waals surface area (Å²) in [5.41, 5.74) is 0.759. The van der Waals surface area contributed by atoms with E-state index in [1.54, 1.807) is 7.11 Å². The average Bonchev–Trinajstić information content (AvgIpc) is 2.45. The molecule has 0 aromatic heterocycles. The molecule has 1 aromatic carbocycles. The number of carbonyl (C=O) groups is 1. The van der Waals surface area contributed by atoms with Gasteiger partial charge in [0, 0.05) is 17.8 Å². The number of benzene rings is 1. The molecule has 2 N–H and O–H groups in total. The van der Waals surface area contributed by atoms with E-state index in [1.165, 1.54) is 19.3 Å². The normalized spacial score (nSPS) is 11.9. The molecule has 20 heavy (non-hydrogen) atoms. The van der Waals surface area contributed by atoms with Crippen molar-refractivity contribution in [1.82, 2.24) is 5.32 Å². The number of hydrogen-bond acceptors (Lipinski definition) is 3. The van der Waals surface area contributed by atoms with E-state index in [4.69, 9.17) is 4.74 Å². The van der Waals surface area contributed by atoms with Crippen molar-refractivity contribution in [2.75, 3.05) is 19.0 Å². The minimum absolute atomic E-state index is 0.0272. The Morgan fingerprint density at radius 3 is 2.85 bits per heavy atom. The number of methoxy groups -OCH3 is 1. The van der Waals surface area contributed by atoms with Crippen LogP contribution < -0.4 is 15.4 Å². The van der Waals surface area contributed by atoms with Crippen LogP contribution >= 0.6 is 0 Å². The lowest BCUT2D eigenvalue weighted by Gasteiger charge is -2.13. The first-order chi connectivity index (χ1) is 9.65. The highest BCUT2D eigenvalue weighted by molar-refractivity contribution is 5.92. The summed E-state index contributed by atoms with van der Waals surface area (Å²) in [6.45, 7) is 4.65. The van der Waals surface area contributed by atoms with Gasteiger partial charge in [0.2, 0.25) is 5.91 Å². The summed E-state index contributed by atoms with van der Waals surface area (Å²) in [6, 6.07) is 7.74. The second-order valence-electron chi connectivity index (χ2n) is 5.06. The Bertz CT molecular complexity index is 407. The van der Waals surface area contributed by atoms with Crippen LogP contribution in [0.1, 0.15) is 39.5 Å². The Labute approximate surface area is 121 Å². The minimum atomic E-state index is -0.0272. The van der Waals surface area contributed by atoms with Gasteiger partial charge in [-0.25, -0.2) is 0 Å². The summed E-state index contributed by atoms with van der Waals surface area (Å²) < 4.78 is 5.12. The fourth-order valence-electron chi connectivity index (χ4n) is 1.98. The summed E-state index contributed by atoms with van der Waals surface area (Å²) in [5.74, 6) is 0.712. The van der Waals surface area contributed by atoms with Crippen LogP contribution in [0.2, 0.25) is 0 Å². The molecule has 4 heteroatoms. The number of unbranched alkanes of at least 4 members (excludes halogenated alkanes) is 2. The smallest absolute Gasteiger partial charge is 0.238 e. The van der Waals surface area contributed by atoms with Crippen molar-refractivity contribution in [3.8, 4) is 5.75 Å². The molecule has 0 heterocycles. The van der Waals surface area contributed by atoms with Crippen LogP contribution in [0.15, 0.2) is 24.3 Å². The molecule has 0 aliphatic heterocycles. The third-order valence-corrected chi connectivity index (χ3v) is 3.21. The molecule has 1 amide bonds. The topological polar surface area (TPSA) is 50.4 Å². The van der Waals surface area contributed by atoms with E-state index < -0.39 is 0 Å². The molecule has 0 aliphatic carbocycles. The van der Waals surface area contributed by atoms with Gasteiger partial charge in [-0.05, 0) is 25.5 Å². The molecule has 1 aromatic rings. The summed E-state index contributed by atoms with van der Waals surface area (Å²) in [5, 5.41) is 6.10. The monoisotopic (exact) mass is 278 g/mol. The van der Waals surface area contributed by atoms with Crippen molar-refractivity contribution in [1.29, 1.82) is 0 Å². The largest absolute Gasteiger partial charge is 0.497 e. The van der Waals surface area contributed by atoms with Crippen LogP contribution in [0.4, 0.5) is 5.69 Å². The van der Waals surface area contributed by atoms with E-state index in [-0.39, 0.29) is 5.91 Å². The van der Waals surface area contributed by atoms with Gasteiger partial charge in [-0.1, -0.05) is 32.3 Å². The Hall–Kier alpha value is -1.55. The zero-order valence-corrected chi connectivity index (χ0v) is 12.7. The zero-order chi connectivity index (χ0) is 14.8. The third kappa shape index (κ3) is 6.57. The van der Waals surface area contributed by atoms with Gasteiger partial charge in [0.15, 0.2) is 0 Å². The number of carbonyl (C=O) groups excluding carboxylic acids is 1. The predicted octanol–water partition coefficient (Wildman–Crippen LogP) is 3.19. The van der Waals surface area contributed by atoms with Crippen LogP contribution in [-0.2, 0) is 4.79 Å². The van der Waals surface area contributed by atoms with E-state index in [0.29, 0.717) is 12.6 Å². The summed E-state index contributed by atoms with van der Waals surface area (Å²) in [6.07, 6.45) is 4.80. The van der Waals surface area contributed by atoms with Crippen molar-refractivity contribution in [2.45, 2.75) is 45.6 Å². The molecule has 0 aliphatic rings. The Balaban J connectivity index is 2.29. The first-order valence-electron chi connectivity index (χ1n) is 7.33. The standard InChI is InChI=1S/C16H26N2O2/c1-4-5-6-8-13(2)17-12-16(19)18-14-9-7-10-15(11-14)20-3/h7,9-11,13,17H,4-6,8,12H2,1-3H3,(H,18,19). The van der Waals surface area contributed by atoms with E-state index >= 15 is 0 Å². The molecule has 112 valence electrons. The van der Waals surface area contributed by atoms with Gasteiger partial charge >= 0.3 is 0 Å². The van der Waals surface area contributed by atoms with Gasteiger partial charge in [-0.15, -0.1) is 0 Å². The van der Waals surface area contributed by atoms with Gasteiger partial charge in [-0.3, -0.25) is 4.79 Å². The van der Waals surface area contributed by atoms with E-state index in [1.807, 2.05) is 24.3 Å². The van der Waals surface area contributed by atoms with Crippen LogP contribution in [-0.4, -0.2) is 25.6 Å². The first kappa shape index (κ1) is 16.5. The summed E-state index contributed by atoms with van der Waals surface area (Å²) in [7, 11) is 1.61. The fraction of sp³-hybridized carbons (Fsp3) is 0.562. The number of hydrogen-bond donors (Lipinski definition) is 2. The van der Waals surface area contributed by atoms with Gasteiger partial charge in [0.1, 0.15) is 5.75 Å². The molecule has 0 spiro atoms. The van der Waals surface area contributed by atoms with E-state index in [9.17, 15) is 4.79 Å². The number of amides is 1. The second-order valence-corrected chi connectivity index (χ2v) is 5.06. The van der Waals surface area contributed by atoms with Gasteiger partial charge in [0.25, 0.3) is 0 Å². The van der Waals surface area contributed by atoms with Gasteiger partial charge in [-0.2, -0.15) is 0 Å². The van der Waals surface area contributed by atoms with Crippen LogP contribution in [0.5, 0.6) is 5.75 Å². The lowest BCUT2D eigenvalue weighted by Crippen LogP contribution is -2.34. The molecule has 1 rings (SSSR count). The SMILES string of the molecule is CCCCCC(C)NCC(=O)Nc1cccc(OC)c1. The van der Waals surface area contributed by atoms with Crippen LogP contribution in [0.25, 0.3) is 0 Å². The fourth-order valence-corrected chi connectivity index (χ4v) is 1.98. The van der Waals surface area contributed by atoms with Gasteiger partial charge < -0.3 is 15.4 Å². The third-order valence-electron chi connectivity index (χ3n) is 3.21. The van der Waals surface area contributed by atoms with Crippen molar-refractivity contribution in [2.24, 2.45) is 0 Å². The average molecular weight is 278 g/mol. The summed E-state index contributed by atoms with van der Waals surface area (Å²) in [4.78, 5) is 11.8. The maximum atomic E-state index is 11.8. The van der Waals surface area contributed by atoms with Crippen LogP contribution in [0.3, 0.4) is 0 Å². The molecular weight excluding hydrogens is 252 g/mol. The Kier molecular flexibility index (Phi) is 7.73. The molecule has 0 fully saturated rings. The van der Waals surface area contributed by atoms with Crippen molar-refractivity contribution in [3.63, 3.8) is 0 Å². The molecular formula is C16H26N2O2. The molecule has 0 radical (unpaired) electrons. The Morgan fingerprint density at radius 1 is 1.35 bits per heavy atom. The van der Waals surface area contributed by atoms with Crippen molar-refractivity contribution < 1.29 is 9.53 Å². The minimum Gasteiger partial charge on any atom is -0.497 e. The quantitative estimate of drug-likeness (QED) is 0.682. The molecule has 4 nitrogen and oxygen atoms in total. The highest BCUT2D eigenvalue weighted by Gasteiger charge is 2.06. The number of ether oxygens (including phenoxy) is 1. The number of rotatable bonds is 9. The van der Waals surface area contributed by atoms with E-state index in [0.717, 1.165) is 17.9 Å². The maximum absolute atomic E-state index is 11.8. The molecule has 0 saturated heterocycles. The van der Waals surface area contributed by atoms with Crippen molar-refractivity contribution in [3.05, 3.63) is 24.3 Å². The van der Waals surface area contributed by atoms with Gasteiger partial charge in [0.05, 0.1) is 13.7 Å². The lowest BCUT2D eigenvalue weighted by molar-refractivity contribution is -0.115. The molecule has 0 saturated carbocycles. The number of nitrogens with one attached hydrogen (secondary N) is 2. The first-order valence-corrected chi connectivity index (χ1v) is 7.33. The zero-order valence-electron chi connectivity index (χ0n) is 12.7.